The Balaban J connectivity index is 0.000000348. The molecule has 2 aromatic heterocycles. The van der Waals surface area contributed by atoms with Gasteiger partial charge in [-0.15, -0.1) is 0 Å². The van der Waals surface area contributed by atoms with Crippen LogP contribution in [0.2, 0.25) is 0 Å². The van der Waals surface area contributed by atoms with Crippen molar-refractivity contribution in [1.29, 1.82) is 0 Å². The summed E-state index contributed by atoms with van der Waals surface area (Å²) in [6, 6.07) is 39.8. The molecule has 0 spiro atoms. The van der Waals surface area contributed by atoms with Gasteiger partial charge in [0.1, 0.15) is 40.6 Å². The van der Waals surface area contributed by atoms with Crippen LogP contribution in [0.5, 0.6) is 0 Å². The Hall–Kier alpha value is -6.15. The van der Waals surface area contributed by atoms with Gasteiger partial charge in [-0.3, -0.25) is 14.4 Å². The Kier molecular flexibility index (Phi) is 22.0. The Morgan fingerprint density at radius 2 is 0.857 bits per heavy atom. The minimum absolute atomic E-state index is 0. The fourth-order valence-corrected chi connectivity index (χ4v) is 7.78. The molecule has 8 rings (SSSR count). The number of aliphatic hydroxyl groups is 2. The zero-order valence-electron chi connectivity index (χ0n) is 40.7. The SMILES string of the molecule is CCC(=O)CCC(=O)Cc1ccc2nc(-c3ccccc3F)c(-c3ccccc3F)cc2c1.CCC(O)CCC(=O)Cc1ccc2nc(-c3ccccc3F)c(-c3ccccc3F)cc2c1.CO.[B].[H-].[Na+]. The van der Waals surface area contributed by atoms with Gasteiger partial charge in [-0.1, -0.05) is 86.6 Å². The number of rotatable bonds is 16. The van der Waals surface area contributed by atoms with Crippen LogP contribution in [-0.2, 0) is 27.2 Å². The van der Waals surface area contributed by atoms with Crippen LogP contribution in [0.25, 0.3) is 66.6 Å². The molecule has 70 heavy (non-hydrogen) atoms. The second-order valence-corrected chi connectivity index (χ2v) is 16.2. The van der Waals surface area contributed by atoms with Gasteiger partial charge < -0.3 is 11.6 Å². The quantitative estimate of drug-likeness (QED) is 0.0732. The van der Waals surface area contributed by atoms with Crippen LogP contribution in [0, 0.1) is 23.3 Å². The number of hydrogen-bond acceptors (Lipinski definition) is 7. The summed E-state index contributed by atoms with van der Waals surface area (Å²) >= 11 is 0. The van der Waals surface area contributed by atoms with Gasteiger partial charge in [0.2, 0.25) is 0 Å². The summed E-state index contributed by atoms with van der Waals surface area (Å²) in [7, 11) is 1.00. The van der Waals surface area contributed by atoms with Crippen LogP contribution in [-0.4, -0.2) is 59.2 Å². The van der Waals surface area contributed by atoms with Gasteiger partial charge in [0.25, 0.3) is 0 Å². The van der Waals surface area contributed by atoms with Crippen LogP contribution >= 0.6 is 0 Å². The molecule has 1 atom stereocenters. The standard InChI is InChI=1S/C28H25F2NO2.C28H23F2NO2.CH4O.B.Na.H/c2*1-2-20(32)12-13-21(33)16-18-11-14-27-19(15-18)17-24(22-7-3-5-9-25(22)29)28(31-27)23-8-4-6-10-26(23)30;1-2;;;/h3-11,14-15,17,20,32H,2,12-13,16H2,1H3;3-11,14-15,17H,2,12-13,16H2,1H3;2H,1H3;;;/q;;;;+1;-1. The zero-order valence-corrected chi connectivity index (χ0v) is 41.7. The Morgan fingerprint density at radius 1 is 0.500 bits per heavy atom. The largest absolute Gasteiger partial charge is 1.00 e. The second kappa shape index (κ2) is 27.3. The molecule has 0 saturated carbocycles. The first kappa shape index (κ1) is 56.4. The van der Waals surface area contributed by atoms with Crippen molar-refractivity contribution in [1.82, 2.24) is 9.97 Å². The van der Waals surface area contributed by atoms with Gasteiger partial charge in [-0.05, 0) is 96.8 Å². The van der Waals surface area contributed by atoms with Gasteiger partial charge in [0, 0.05) is 98.2 Å². The molecule has 0 saturated heterocycles. The van der Waals surface area contributed by atoms with E-state index in [2.05, 4.69) is 9.97 Å². The number of aliphatic hydroxyl groups excluding tert-OH is 2. The summed E-state index contributed by atoms with van der Waals surface area (Å²) in [4.78, 5) is 45.5. The monoisotopic (exact) mass is 955 g/mol. The van der Waals surface area contributed by atoms with Crippen LogP contribution < -0.4 is 29.6 Å². The Labute approximate surface area is 431 Å². The molecular formula is C57H53BF4N2NaO5. The molecular weight excluding hydrogens is 902 g/mol. The number of hydrogen-bond donors (Lipinski definition) is 2. The maximum absolute atomic E-state index is 14.7. The van der Waals surface area contributed by atoms with E-state index in [9.17, 15) is 37.1 Å². The molecule has 8 aromatic rings. The maximum atomic E-state index is 14.7. The normalized spacial score (nSPS) is 11.0. The maximum Gasteiger partial charge on any atom is 1.00 e. The third-order valence-electron chi connectivity index (χ3n) is 11.5. The summed E-state index contributed by atoms with van der Waals surface area (Å²) in [6.45, 7) is 3.67. The fraction of sp³-hybridized carbons (Fsp3) is 0.211. The van der Waals surface area contributed by atoms with Crippen molar-refractivity contribution in [3.05, 3.63) is 180 Å². The van der Waals surface area contributed by atoms with Gasteiger partial charge in [0.15, 0.2) is 0 Å². The van der Waals surface area contributed by atoms with E-state index < -0.39 is 29.4 Å². The molecule has 353 valence electrons. The smallest absolute Gasteiger partial charge is 1.00 e. The number of Topliss-reactive ketones (excluding diaryl/α,β-unsaturated/α-hetero) is 3. The molecule has 0 aliphatic heterocycles. The Bertz CT molecular complexity index is 3090. The molecule has 3 radical (unpaired) electrons. The molecule has 2 N–H and O–H groups in total. The van der Waals surface area contributed by atoms with Crippen molar-refractivity contribution in [3.63, 3.8) is 0 Å². The number of pyridine rings is 2. The number of ketones is 3. The first-order chi connectivity index (χ1) is 32.9. The molecule has 2 heterocycles. The molecule has 0 aliphatic carbocycles. The van der Waals surface area contributed by atoms with Crippen molar-refractivity contribution in [2.75, 3.05) is 7.11 Å². The van der Waals surface area contributed by atoms with Crippen molar-refractivity contribution >= 4 is 47.6 Å². The molecule has 0 fully saturated rings. The van der Waals surface area contributed by atoms with Crippen LogP contribution in [0.3, 0.4) is 0 Å². The van der Waals surface area contributed by atoms with Crippen LogP contribution in [0.15, 0.2) is 146 Å². The summed E-state index contributed by atoms with van der Waals surface area (Å²) in [5.41, 5.74) is 5.78. The number of carbonyl (C=O) groups excluding carboxylic acids is 3. The average Bonchev–Trinajstić information content (AvgIpc) is 3.35. The van der Waals surface area contributed by atoms with E-state index in [0.717, 1.165) is 29.0 Å². The third-order valence-corrected chi connectivity index (χ3v) is 11.5. The molecule has 7 nitrogen and oxygen atoms in total. The summed E-state index contributed by atoms with van der Waals surface area (Å²) < 4.78 is 58.7. The number of fused-ring (bicyclic) bond motifs is 2. The molecule has 6 aromatic carbocycles. The average molecular weight is 956 g/mol. The zero-order chi connectivity index (χ0) is 48.7. The van der Waals surface area contributed by atoms with Gasteiger partial charge in [0.05, 0.1) is 28.5 Å². The van der Waals surface area contributed by atoms with E-state index in [0.29, 0.717) is 75.9 Å². The number of nitrogens with zero attached hydrogens (tertiary/aromatic N) is 2. The van der Waals surface area contributed by atoms with Gasteiger partial charge in [-0.2, -0.15) is 0 Å². The molecule has 0 amide bonds. The van der Waals surface area contributed by atoms with Crippen LogP contribution in [0.1, 0.15) is 64.9 Å². The van der Waals surface area contributed by atoms with E-state index in [1.54, 1.807) is 104 Å². The summed E-state index contributed by atoms with van der Waals surface area (Å²) in [5.74, 6) is -1.61. The predicted molar refractivity (Wildman–Crippen MR) is 268 cm³/mol. The number of halogens is 4. The fourth-order valence-electron chi connectivity index (χ4n) is 7.78. The topological polar surface area (TPSA) is 117 Å². The van der Waals surface area contributed by atoms with Gasteiger partial charge >= 0.3 is 29.6 Å². The minimum atomic E-state index is -0.463. The van der Waals surface area contributed by atoms with Crippen molar-refractivity contribution in [2.24, 2.45) is 0 Å². The first-order valence-corrected chi connectivity index (χ1v) is 22.5. The predicted octanol–water partition coefficient (Wildman–Crippen LogP) is 9.57. The summed E-state index contributed by atoms with van der Waals surface area (Å²) in [6.07, 6.45) is 2.29. The molecule has 13 heteroatoms. The van der Waals surface area contributed by atoms with Gasteiger partial charge in [-0.25, -0.2) is 27.5 Å². The van der Waals surface area contributed by atoms with E-state index in [1.165, 1.54) is 24.3 Å². The third kappa shape index (κ3) is 14.5. The number of benzene rings is 6. The first-order valence-electron chi connectivity index (χ1n) is 22.5. The van der Waals surface area contributed by atoms with E-state index in [1.807, 2.05) is 31.2 Å². The number of carbonyl (C=O) groups is 3. The van der Waals surface area contributed by atoms with E-state index >= 15 is 0 Å². The van der Waals surface area contributed by atoms with Crippen molar-refractivity contribution in [2.45, 2.75) is 71.3 Å². The molecule has 0 aliphatic rings. The van der Waals surface area contributed by atoms with E-state index in [-0.39, 0.29) is 88.0 Å². The Morgan fingerprint density at radius 3 is 1.23 bits per heavy atom. The van der Waals surface area contributed by atoms with Crippen molar-refractivity contribution in [3.8, 4) is 44.8 Å². The van der Waals surface area contributed by atoms with E-state index in [4.69, 9.17) is 5.11 Å². The minimum Gasteiger partial charge on any atom is -1.00 e. The van der Waals surface area contributed by atoms with Crippen LogP contribution in [0.4, 0.5) is 17.6 Å². The van der Waals surface area contributed by atoms with Crippen molar-refractivity contribution < 1.29 is 73.1 Å². The number of aromatic nitrogens is 2. The summed E-state index contributed by atoms with van der Waals surface area (Å²) in [5, 5.41) is 18.2. The second-order valence-electron chi connectivity index (χ2n) is 16.2. The molecule has 1 unspecified atom stereocenters. The molecule has 0 bridgehead atoms.